The van der Waals surface area contributed by atoms with Crippen molar-refractivity contribution < 1.29 is 4.79 Å². The van der Waals surface area contributed by atoms with Gasteiger partial charge in [-0.1, -0.05) is 6.07 Å². The van der Waals surface area contributed by atoms with Gasteiger partial charge in [0.1, 0.15) is 6.33 Å². The van der Waals surface area contributed by atoms with Crippen LogP contribution in [-0.2, 0) is 7.05 Å². The molecule has 28 heavy (non-hydrogen) atoms. The number of hydrogen-bond acceptors (Lipinski definition) is 6. The zero-order valence-electron chi connectivity index (χ0n) is 15.1. The Labute approximate surface area is 163 Å². The number of anilines is 1. The Hall–Kier alpha value is -3.59. The van der Waals surface area contributed by atoms with Crippen LogP contribution >= 0.6 is 11.3 Å². The summed E-state index contributed by atoms with van der Waals surface area (Å²) in [6, 6.07) is 7.90. The van der Waals surface area contributed by atoms with Crippen LogP contribution in [-0.4, -0.2) is 35.3 Å². The van der Waals surface area contributed by atoms with Crippen molar-refractivity contribution in [3.05, 3.63) is 59.6 Å². The van der Waals surface area contributed by atoms with Gasteiger partial charge in [-0.2, -0.15) is 10.2 Å². The molecule has 0 saturated heterocycles. The minimum atomic E-state index is -0.267. The highest BCUT2D eigenvalue weighted by molar-refractivity contribution is 7.13. The number of fused-ring (bicyclic) bond motifs is 2. The topological polar surface area (TPSA) is 90.0 Å². The molecule has 8 nitrogen and oxygen atoms in total. The van der Waals surface area contributed by atoms with Gasteiger partial charge < -0.3 is 0 Å². The number of aryl methyl sites for hydroxylation is 2. The molecule has 0 unspecified atom stereocenters. The number of carbonyl (C=O) groups excluding carboxylic acids is 1. The van der Waals surface area contributed by atoms with E-state index >= 15 is 0 Å². The van der Waals surface area contributed by atoms with Crippen LogP contribution in [0.1, 0.15) is 16.1 Å². The first kappa shape index (κ1) is 16.6. The number of amides is 1. The number of hydrogen-bond donors (Lipinski definition) is 1. The molecule has 4 heterocycles. The smallest absolute Gasteiger partial charge is 0.261 e. The number of pyridine rings is 1. The van der Waals surface area contributed by atoms with Gasteiger partial charge in [0.25, 0.3) is 5.91 Å². The zero-order chi connectivity index (χ0) is 19.3. The molecule has 5 rings (SSSR count). The monoisotopic (exact) mass is 389 g/mol. The van der Waals surface area contributed by atoms with Crippen molar-refractivity contribution in [3.63, 3.8) is 0 Å². The molecule has 4 aromatic heterocycles. The Bertz CT molecular complexity index is 1350. The first-order valence-electron chi connectivity index (χ1n) is 8.57. The molecule has 0 aliphatic carbocycles. The van der Waals surface area contributed by atoms with Crippen molar-refractivity contribution in [1.82, 2.24) is 29.4 Å². The van der Waals surface area contributed by atoms with Crippen LogP contribution in [0.3, 0.4) is 0 Å². The van der Waals surface area contributed by atoms with Crippen LogP contribution in [0.5, 0.6) is 0 Å². The number of nitrogens with one attached hydrogen (secondary N) is 1. The van der Waals surface area contributed by atoms with Crippen molar-refractivity contribution in [2.45, 2.75) is 6.92 Å². The van der Waals surface area contributed by atoms with E-state index < -0.39 is 0 Å². The van der Waals surface area contributed by atoms with E-state index in [1.54, 1.807) is 4.52 Å². The number of benzene rings is 1. The number of nitrogens with zero attached hydrogens (tertiary/aromatic N) is 6. The van der Waals surface area contributed by atoms with E-state index in [0.717, 1.165) is 27.7 Å². The Balaban J connectivity index is 1.60. The minimum Gasteiger partial charge on any atom is -0.298 e. The minimum absolute atomic E-state index is 0.267. The van der Waals surface area contributed by atoms with Gasteiger partial charge in [-0.15, -0.1) is 11.3 Å². The summed E-state index contributed by atoms with van der Waals surface area (Å²) in [5, 5.41) is 14.8. The molecule has 5 aromatic rings. The van der Waals surface area contributed by atoms with Gasteiger partial charge in [0.2, 0.25) is 0 Å². The summed E-state index contributed by atoms with van der Waals surface area (Å²) in [6.45, 7) is 1.89. The summed E-state index contributed by atoms with van der Waals surface area (Å²) in [4.78, 5) is 21.4. The van der Waals surface area contributed by atoms with Crippen LogP contribution in [0.25, 0.3) is 27.7 Å². The van der Waals surface area contributed by atoms with E-state index in [2.05, 4.69) is 25.5 Å². The largest absolute Gasteiger partial charge is 0.298 e. The quantitative estimate of drug-likeness (QED) is 0.511. The molecule has 0 aliphatic heterocycles. The van der Waals surface area contributed by atoms with E-state index in [-0.39, 0.29) is 5.91 Å². The van der Waals surface area contributed by atoms with Gasteiger partial charge >= 0.3 is 0 Å². The van der Waals surface area contributed by atoms with Crippen molar-refractivity contribution in [2.75, 3.05) is 5.32 Å². The lowest BCUT2D eigenvalue weighted by Gasteiger charge is -2.08. The maximum absolute atomic E-state index is 12.9. The van der Waals surface area contributed by atoms with Gasteiger partial charge in [-0.3, -0.25) is 14.8 Å². The Morgan fingerprint density at radius 3 is 2.89 bits per heavy atom. The van der Waals surface area contributed by atoms with Crippen molar-refractivity contribution in [3.8, 4) is 11.1 Å². The Morgan fingerprint density at radius 1 is 1.18 bits per heavy atom. The van der Waals surface area contributed by atoms with E-state index in [0.29, 0.717) is 16.3 Å². The molecule has 9 heteroatoms. The standard InChI is InChI=1S/C19H15N7OS/c1-11-9-28-19(23-11)24-18(27)15-6-14(8-26-17(15)20-10-22-26)12-3-4-16-13(5-12)7-21-25(16)2/h3-10H,1-2H3,(H,23,24,27). The fourth-order valence-corrected chi connectivity index (χ4v) is 3.85. The molecule has 1 N–H and O–H groups in total. The maximum atomic E-state index is 12.9. The molecule has 138 valence electrons. The molecule has 0 spiro atoms. The lowest BCUT2D eigenvalue weighted by atomic mass is 10.0. The normalized spacial score (nSPS) is 11.4. The van der Waals surface area contributed by atoms with Crippen LogP contribution in [0, 0.1) is 6.92 Å². The third-order valence-corrected chi connectivity index (χ3v) is 5.41. The van der Waals surface area contributed by atoms with E-state index in [1.165, 1.54) is 17.7 Å². The molecule has 0 aliphatic rings. The summed E-state index contributed by atoms with van der Waals surface area (Å²) in [6.07, 6.45) is 5.13. The molecular formula is C19H15N7OS. The second kappa shape index (κ2) is 6.24. The van der Waals surface area contributed by atoms with Crippen molar-refractivity contribution in [1.29, 1.82) is 0 Å². The first-order chi connectivity index (χ1) is 13.6. The number of aromatic nitrogens is 6. The summed E-state index contributed by atoms with van der Waals surface area (Å²) < 4.78 is 3.44. The van der Waals surface area contributed by atoms with Crippen LogP contribution in [0.15, 0.2) is 48.4 Å². The van der Waals surface area contributed by atoms with Gasteiger partial charge in [0.05, 0.1) is 23.0 Å². The first-order valence-corrected chi connectivity index (χ1v) is 9.45. The highest BCUT2D eigenvalue weighted by Crippen LogP contribution is 2.26. The van der Waals surface area contributed by atoms with E-state index in [1.807, 2.05) is 60.7 Å². The molecule has 0 fully saturated rings. The maximum Gasteiger partial charge on any atom is 0.261 e. The van der Waals surface area contributed by atoms with Crippen LogP contribution < -0.4 is 5.32 Å². The summed E-state index contributed by atoms with van der Waals surface area (Å²) in [7, 11) is 1.91. The number of thiazole rings is 1. The number of carbonyl (C=O) groups is 1. The predicted octanol–water partition coefficient (Wildman–Crippen LogP) is 3.30. The highest BCUT2D eigenvalue weighted by Gasteiger charge is 2.16. The second-order valence-corrected chi connectivity index (χ2v) is 7.32. The molecular weight excluding hydrogens is 374 g/mol. The number of rotatable bonds is 3. The van der Waals surface area contributed by atoms with E-state index in [4.69, 9.17) is 0 Å². The Morgan fingerprint density at radius 2 is 2.07 bits per heavy atom. The summed E-state index contributed by atoms with van der Waals surface area (Å²) >= 11 is 1.39. The van der Waals surface area contributed by atoms with Crippen molar-refractivity contribution in [2.24, 2.45) is 7.05 Å². The fourth-order valence-electron chi connectivity index (χ4n) is 3.17. The zero-order valence-corrected chi connectivity index (χ0v) is 15.9. The molecule has 0 atom stereocenters. The third-order valence-electron chi connectivity index (χ3n) is 4.54. The second-order valence-electron chi connectivity index (χ2n) is 6.46. The molecule has 1 amide bonds. The van der Waals surface area contributed by atoms with Gasteiger partial charge in [-0.05, 0) is 30.7 Å². The third kappa shape index (κ3) is 2.72. The predicted molar refractivity (Wildman–Crippen MR) is 107 cm³/mol. The van der Waals surface area contributed by atoms with Crippen molar-refractivity contribution >= 4 is 38.9 Å². The van der Waals surface area contributed by atoms with Gasteiger partial charge in [-0.25, -0.2) is 14.5 Å². The summed E-state index contributed by atoms with van der Waals surface area (Å²) in [5.74, 6) is -0.267. The lowest BCUT2D eigenvalue weighted by Crippen LogP contribution is -2.14. The van der Waals surface area contributed by atoms with Gasteiger partial charge in [0, 0.05) is 29.6 Å². The molecule has 1 aromatic carbocycles. The summed E-state index contributed by atoms with van der Waals surface area (Å²) in [5.41, 5.74) is 4.68. The highest BCUT2D eigenvalue weighted by atomic mass is 32.1. The molecule has 0 radical (unpaired) electrons. The average molecular weight is 389 g/mol. The molecule has 0 bridgehead atoms. The van der Waals surface area contributed by atoms with Crippen LogP contribution in [0.2, 0.25) is 0 Å². The SMILES string of the molecule is Cc1csc(NC(=O)c2cc(-c3ccc4c(cnn4C)c3)cn3ncnc23)n1. The average Bonchev–Trinajstić information content (AvgIpc) is 3.41. The molecule has 0 saturated carbocycles. The van der Waals surface area contributed by atoms with Crippen LogP contribution in [0.4, 0.5) is 5.13 Å². The fraction of sp³-hybridized carbons (Fsp3) is 0.105. The Kier molecular flexibility index (Phi) is 3.69. The lowest BCUT2D eigenvalue weighted by molar-refractivity contribution is 0.102. The van der Waals surface area contributed by atoms with Gasteiger partial charge in [0.15, 0.2) is 10.8 Å². The van der Waals surface area contributed by atoms with E-state index in [9.17, 15) is 4.79 Å².